The zero-order valence-electron chi connectivity index (χ0n) is 14.4. The molecule has 1 aliphatic heterocycles. The Bertz CT molecular complexity index is 773. The standard InChI is InChI=1S/C19H21FN4O2/c20-15-6-4-5-14(11-15)19(26)22-13-18(25)23-17-8-7-16(12-21-17)24-9-2-1-3-10-24/h4-8,11-12H,1-3,9-10,13H2,(H,22,26)(H,21,23,25). The normalized spacial score (nSPS) is 14.0. The largest absolute Gasteiger partial charge is 0.370 e. The van der Waals surface area contributed by atoms with Gasteiger partial charge in [-0.15, -0.1) is 0 Å². The Kier molecular flexibility index (Phi) is 5.78. The summed E-state index contributed by atoms with van der Waals surface area (Å²) in [5.41, 5.74) is 1.21. The summed E-state index contributed by atoms with van der Waals surface area (Å²) >= 11 is 0. The Morgan fingerprint density at radius 2 is 1.92 bits per heavy atom. The van der Waals surface area contributed by atoms with E-state index in [2.05, 4.69) is 20.5 Å². The van der Waals surface area contributed by atoms with Gasteiger partial charge in [0.25, 0.3) is 5.91 Å². The summed E-state index contributed by atoms with van der Waals surface area (Å²) in [6.07, 6.45) is 5.37. The predicted molar refractivity (Wildman–Crippen MR) is 97.7 cm³/mol. The van der Waals surface area contributed by atoms with Crippen molar-refractivity contribution in [2.75, 3.05) is 29.9 Å². The number of aromatic nitrogens is 1. The van der Waals surface area contributed by atoms with Crippen molar-refractivity contribution in [2.45, 2.75) is 19.3 Å². The molecule has 1 aromatic carbocycles. The molecule has 0 spiro atoms. The Morgan fingerprint density at radius 3 is 2.62 bits per heavy atom. The molecule has 6 nitrogen and oxygen atoms in total. The molecule has 0 saturated carbocycles. The van der Waals surface area contributed by atoms with Gasteiger partial charge in [-0.2, -0.15) is 0 Å². The smallest absolute Gasteiger partial charge is 0.251 e. The van der Waals surface area contributed by atoms with E-state index < -0.39 is 17.6 Å². The van der Waals surface area contributed by atoms with E-state index in [-0.39, 0.29) is 12.1 Å². The lowest BCUT2D eigenvalue weighted by atomic mass is 10.1. The van der Waals surface area contributed by atoms with Crippen LogP contribution in [0.2, 0.25) is 0 Å². The molecule has 2 N–H and O–H groups in total. The number of carbonyl (C=O) groups is 2. The molecule has 0 radical (unpaired) electrons. The third kappa shape index (κ3) is 4.78. The van der Waals surface area contributed by atoms with Gasteiger partial charge < -0.3 is 15.5 Å². The fourth-order valence-corrected chi connectivity index (χ4v) is 2.88. The number of hydrogen-bond donors (Lipinski definition) is 2. The molecule has 3 rings (SSSR count). The second-order valence-corrected chi connectivity index (χ2v) is 6.19. The average molecular weight is 356 g/mol. The number of anilines is 2. The second-order valence-electron chi connectivity index (χ2n) is 6.19. The van der Waals surface area contributed by atoms with Crippen LogP contribution in [-0.4, -0.2) is 36.4 Å². The number of nitrogens with zero attached hydrogens (tertiary/aromatic N) is 2. The van der Waals surface area contributed by atoms with E-state index in [1.807, 2.05) is 6.07 Å². The fourth-order valence-electron chi connectivity index (χ4n) is 2.88. The third-order valence-corrected chi connectivity index (χ3v) is 4.23. The maximum Gasteiger partial charge on any atom is 0.251 e. The molecular formula is C19H21FN4O2. The number of carbonyl (C=O) groups excluding carboxylic acids is 2. The Hall–Kier alpha value is -2.96. The molecule has 0 bridgehead atoms. The lowest BCUT2D eigenvalue weighted by molar-refractivity contribution is -0.115. The number of benzene rings is 1. The summed E-state index contributed by atoms with van der Waals surface area (Å²) in [5.74, 6) is -0.975. The molecule has 136 valence electrons. The van der Waals surface area contributed by atoms with Gasteiger partial charge in [-0.3, -0.25) is 9.59 Å². The Morgan fingerprint density at radius 1 is 1.12 bits per heavy atom. The van der Waals surface area contributed by atoms with Gasteiger partial charge in [0.15, 0.2) is 0 Å². The second kappa shape index (κ2) is 8.42. The van der Waals surface area contributed by atoms with Crippen molar-refractivity contribution < 1.29 is 14.0 Å². The number of halogens is 1. The third-order valence-electron chi connectivity index (χ3n) is 4.23. The first-order valence-electron chi connectivity index (χ1n) is 8.66. The lowest BCUT2D eigenvalue weighted by Gasteiger charge is -2.28. The van der Waals surface area contributed by atoms with Gasteiger partial charge in [0.05, 0.1) is 18.4 Å². The number of amides is 2. The molecule has 1 saturated heterocycles. The summed E-state index contributed by atoms with van der Waals surface area (Å²) in [6, 6.07) is 8.97. The van der Waals surface area contributed by atoms with Crippen LogP contribution in [0.1, 0.15) is 29.6 Å². The van der Waals surface area contributed by atoms with E-state index >= 15 is 0 Å². The molecule has 0 aliphatic carbocycles. The number of hydrogen-bond acceptors (Lipinski definition) is 4. The molecule has 7 heteroatoms. The first-order chi connectivity index (χ1) is 12.6. The zero-order chi connectivity index (χ0) is 18.4. The Balaban J connectivity index is 1.49. The van der Waals surface area contributed by atoms with Crippen LogP contribution in [0.3, 0.4) is 0 Å². The van der Waals surface area contributed by atoms with Gasteiger partial charge in [0, 0.05) is 18.7 Å². The van der Waals surface area contributed by atoms with Crippen LogP contribution in [0.4, 0.5) is 15.9 Å². The molecule has 2 heterocycles. The maximum absolute atomic E-state index is 13.1. The lowest BCUT2D eigenvalue weighted by Crippen LogP contribution is -2.33. The SMILES string of the molecule is O=C(CNC(=O)c1cccc(F)c1)Nc1ccc(N2CCCCC2)cn1. The number of nitrogens with one attached hydrogen (secondary N) is 2. The van der Waals surface area contributed by atoms with Gasteiger partial charge in [0.1, 0.15) is 11.6 Å². The monoisotopic (exact) mass is 356 g/mol. The van der Waals surface area contributed by atoms with E-state index in [9.17, 15) is 14.0 Å². The Labute approximate surface area is 151 Å². The minimum absolute atomic E-state index is 0.168. The van der Waals surface area contributed by atoms with Crippen LogP contribution in [0, 0.1) is 5.82 Å². The minimum Gasteiger partial charge on any atom is -0.370 e. The molecule has 0 unspecified atom stereocenters. The molecule has 2 aromatic rings. The zero-order valence-corrected chi connectivity index (χ0v) is 14.4. The molecule has 26 heavy (non-hydrogen) atoms. The van der Waals surface area contributed by atoms with E-state index in [4.69, 9.17) is 0 Å². The topological polar surface area (TPSA) is 74.3 Å². The quantitative estimate of drug-likeness (QED) is 0.864. The van der Waals surface area contributed by atoms with Crippen molar-refractivity contribution in [1.82, 2.24) is 10.3 Å². The van der Waals surface area contributed by atoms with Gasteiger partial charge in [-0.05, 0) is 49.6 Å². The van der Waals surface area contributed by atoms with Crippen LogP contribution in [0.5, 0.6) is 0 Å². The maximum atomic E-state index is 13.1. The summed E-state index contributed by atoms with van der Waals surface area (Å²) in [6.45, 7) is 1.84. The molecule has 1 aromatic heterocycles. The van der Waals surface area contributed by atoms with Crippen molar-refractivity contribution >= 4 is 23.3 Å². The van der Waals surface area contributed by atoms with Crippen molar-refractivity contribution in [1.29, 1.82) is 0 Å². The van der Waals surface area contributed by atoms with Crippen LogP contribution in [0.15, 0.2) is 42.6 Å². The minimum atomic E-state index is -0.506. The molecule has 1 aliphatic rings. The highest BCUT2D eigenvalue weighted by molar-refractivity contribution is 5.99. The molecule has 2 amide bonds. The van der Waals surface area contributed by atoms with Gasteiger partial charge in [-0.1, -0.05) is 6.07 Å². The van der Waals surface area contributed by atoms with Crippen LogP contribution in [0.25, 0.3) is 0 Å². The highest BCUT2D eigenvalue weighted by Gasteiger charge is 2.12. The van der Waals surface area contributed by atoms with E-state index in [1.54, 1.807) is 12.3 Å². The van der Waals surface area contributed by atoms with Crippen LogP contribution in [-0.2, 0) is 4.79 Å². The number of pyridine rings is 1. The van der Waals surface area contributed by atoms with E-state index in [0.29, 0.717) is 5.82 Å². The van der Waals surface area contributed by atoms with E-state index in [0.717, 1.165) is 24.8 Å². The van der Waals surface area contributed by atoms with Crippen molar-refractivity contribution in [3.8, 4) is 0 Å². The van der Waals surface area contributed by atoms with Crippen molar-refractivity contribution in [3.05, 3.63) is 54.0 Å². The van der Waals surface area contributed by atoms with Gasteiger partial charge in [0.2, 0.25) is 5.91 Å². The molecular weight excluding hydrogens is 335 g/mol. The van der Waals surface area contributed by atoms with Crippen molar-refractivity contribution in [2.24, 2.45) is 0 Å². The number of piperidine rings is 1. The van der Waals surface area contributed by atoms with Crippen LogP contribution >= 0.6 is 0 Å². The first kappa shape index (κ1) is 17.8. The first-order valence-corrected chi connectivity index (χ1v) is 8.66. The van der Waals surface area contributed by atoms with Gasteiger partial charge >= 0.3 is 0 Å². The predicted octanol–water partition coefficient (Wildman–Crippen LogP) is 2.58. The number of rotatable bonds is 5. The fraction of sp³-hybridized carbons (Fsp3) is 0.316. The average Bonchev–Trinajstić information content (AvgIpc) is 2.67. The summed E-state index contributed by atoms with van der Waals surface area (Å²) in [7, 11) is 0. The molecule has 0 atom stereocenters. The highest BCUT2D eigenvalue weighted by Crippen LogP contribution is 2.19. The van der Waals surface area contributed by atoms with Crippen molar-refractivity contribution in [3.63, 3.8) is 0 Å². The van der Waals surface area contributed by atoms with Gasteiger partial charge in [-0.25, -0.2) is 9.37 Å². The summed E-state index contributed by atoms with van der Waals surface area (Å²) in [5, 5.41) is 5.09. The van der Waals surface area contributed by atoms with Crippen LogP contribution < -0.4 is 15.5 Å². The summed E-state index contributed by atoms with van der Waals surface area (Å²) in [4.78, 5) is 30.4. The van der Waals surface area contributed by atoms with E-state index in [1.165, 1.54) is 37.5 Å². The highest BCUT2D eigenvalue weighted by atomic mass is 19.1. The summed E-state index contributed by atoms with van der Waals surface area (Å²) < 4.78 is 13.1. The molecule has 1 fully saturated rings.